The molecule has 0 bridgehead atoms. The Bertz CT molecular complexity index is 373. The van der Waals surface area contributed by atoms with Crippen molar-refractivity contribution >= 4 is 5.78 Å². The summed E-state index contributed by atoms with van der Waals surface area (Å²) in [4.78, 5) is 11.5. The number of hydrogen-bond acceptors (Lipinski definition) is 2. The zero-order valence-corrected chi connectivity index (χ0v) is 9.16. The predicted octanol–water partition coefficient (Wildman–Crippen LogP) is 2.84. The second-order valence-electron chi connectivity index (χ2n) is 3.48. The number of aryl methyl sites for hydroxylation is 1. The van der Waals surface area contributed by atoms with Crippen molar-refractivity contribution in [3.05, 3.63) is 35.4 Å². The molecule has 15 heavy (non-hydrogen) atoms. The van der Waals surface area contributed by atoms with Crippen molar-refractivity contribution < 1.29 is 4.79 Å². The number of hydrogen-bond donors (Lipinski definition) is 0. The topological polar surface area (TPSA) is 40.9 Å². The molecule has 0 fully saturated rings. The molecule has 1 atom stereocenters. The van der Waals surface area contributed by atoms with Crippen LogP contribution in [0.4, 0.5) is 0 Å². The molecule has 0 spiro atoms. The van der Waals surface area contributed by atoms with Crippen LogP contribution in [0.1, 0.15) is 37.3 Å². The Morgan fingerprint density at radius 1 is 1.33 bits per heavy atom. The molecular weight excluding hydrogens is 186 g/mol. The highest BCUT2D eigenvalue weighted by Crippen LogP contribution is 2.18. The molecule has 1 aromatic carbocycles. The van der Waals surface area contributed by atoms with Crippen molar-refractivity contribution in [2.45, 2.75) is 32.6 Å². The van der Waals surface area contributed by atoms with Crippen molar-refractivity contribution in [2.75, 3.05) is 0 Å². The van der Waals surface area contributed by atoms with Crippen LogP contribution in [0.25, 0.3) is 0 Å². The zero-order valence-electron chi connectivity index (χ0n) is 9.16. The number of nitrogens with zero attached hydrogens (tertiary/aromatic N) is 1. The molecule has 1 rings (SSSR count). The summed E-state index contributed by atoms with van der Waals surface area (Å²) in [7, 11) is 0. The van der Waals surface area contributed by atoms with Crippen molar-refractivity contribution in [1.29, 1.82) is 5.26 Å². The van der Waals surface area contributed by atoms with Crippen LogP contribution < -0.4 is 0 Å². The standard InChI is InChI=1S/C13H15NO/c1-3-10-5-7-11(8-6-10)12(9-14)13(15)4-2/h5-8,12H,3-4H2,1-2H3. The average molecular weight is 201 g/mol. The zero-order chi connectivity index (χ0) is 11.3. The molecule has 0 radical (unpaired) electrons. The van der Waals surface area contributed by atoms with E-state index in [0.717, 1.165) is 12.0 Å². The van der Waals surface area contributed by atoms with Crippen LogP contribution in [-0.2, 0) is 11.2 Å². The summed E-state index contributed by atoms with van der Waals surface area (Å²) < 4.78 is 0. The highest BCUT2D eigenvalue weighted by molar-refractivity contribution is 5.88. The van der Waals surface area contributed by atoms with Crippen LogP contribution in [0.2, 0.25) is 0 Å². The molecule has 0 aliphatic heterocycles. The van der Waals surface area contributed by atoms with Gasteiger partial charge in [-0.25, -0.2) is 0 Å². The number of Topliss-reactive ketones (excluding diaryl/α,β-unsaturated/α-hetero) is 1. The smallest absolute Gasteiger partial charge is 0.154 e. The lowest BCUT2D eigenvalue weighted by Crippen LogP contribution is -2.09. The number of rotatable bonds is 4. The summed E-state index contributed by atoms with van der Waals surface area (Å²) in [6.45, 7) is 3.86. The highest BCUT2D eigenvalue weighted by atomic mass is 16.1. The van der Waals surface area contributed by atoms with Crippen LogP contribution in [0.3, 0.4) is 0 Å². The minimum Gasteiger partial charge on any atom is -0.298 e. The Balaban J connectivity index is 2.94. The largest absolute Gasteiger partial charge is 0.298 e. The number of carbonyl (C=O) groups excluding carboxylic acids is 1. The quantitative estimate of drug-likeness (QED) is 0.751. The van der Waals surface area contributed by atoms with Crippen LogP contribution in [0, 0.1) is 11.3 Å². The maximum absolute atomic E-state index is 11.5. The molecule has 0 aromatic heterocycles. The van der Waals surface area contributed by atoms with Crippen LogP contribution >= 0.6 is 0 Å². The summed E-state index contributed by atoms with van der Waals surface area (Å²) >= 11 is 0. The van der Waals surface area contributed by atoms with Gasteiger partial charge >= 0.3 is 0 Å². The first kappa shape index (κ1) is 11.5. The van der Waals surface area contributed by atoms with Crippen LogP contribution in [0.5, 0.6) is 0 Å². The highest BCUT2D eigenvalue weighted by Gasteiger charge is 2.17. The lowest BCUT2D eigenvalue weighted by molar-refractivity contribution is -0.119. The third kappa shape index (κ3) is 2.66. The lowest BCUT2D eigenvalue weighted by atomic mass is 9.94. The minimum atomic E-state index is -0.596. The molecule has 0 saturated carbocycles. The monoisotopic (exact) mass is 201 g/mol. The number of ketones is 1. The maximum Gasteiger partial charge on any atom is 0.154 e. The molecule has 2 heteroatoms. The third-order valence-electron chi connectivity index (χ3n) is 2.52. The normalized spacial score (nSPS) is 11.8. The fraction of sp³-hybridized carbons (Fsp3) is 0.385. The van der Waals surface area contributed by atoms with E-state index >= 15 is 0 Å². The molecule has 0 N–H and O–H groups in total. The Morgan fingerprint density at radius 2 is 1.93 bits per heavy atom. The van der Waals surface area contributed by atoms with Gasteiger partial charge in [-0.15, -0.1) is 0 Å². The molecule has 0 aliphatic rings. The second kappa shape index (κ2) is 5.31. The molecule has 1 unspecified atom stereocenters. The maximum atomic E-state index is 11.5. The third-order valence-corrected chi connectivity index (χ3v) is 2.52. The van der Waals surface area contributed by atoms with Crippen molar-refractivity contribution in [3.8, 4) is 6.07 Å². The number of benzene rings is 1. The number of carbonyl (C=O) groups is 1. The molecule has 2 nitrogen and oxygen atoms in total. The van der Waals surface area contributed by atoms with E-state index < -0.39 is 5.92 Å². The molecule has 0 heterocycles. The van der Waals surface area contributed by atoms with Gasteiger partial charge in [0, 0.05) is 6.42 Å². The Kier molecular flexibility index (Phi) is 4.05. The molecular formula is C13H15NO. The Labute approximate surface area is 90.5 Å². The van der Waals surface area contributed by atoms with Gasteiger partial charge in [-0.2, -0.15) is 5.26 Å². The summed E-state index contributed by atoms with van der Waals surface area (Å²) in [5.41, 5.74) is 2.03. The van der Waals surface area contributed by atoms with E-state index in [1.165, 1.54) is 5.56 Å². The van der Waals surface area contributed by atoms with Gasteiger partial charge in [0.25, 0.3) is 0 Å². The van der Waals surface area contributed by atoms with Gasteiger partial charge in [0.2, 0.25) is 0 Å². The van der Waals surface area contributed by atoms with Gasteiger partial charge in [-0.05, 0) is 17.5 Å². The van der Waals surface area contributed by atoms with E-state index in [1.807, 2.05) is 24.3 Å². The lowest BCUT2D eigenvalue weighted by Gasteiger charge is -2.07. The van der Waals surface area contributed by atoms with E-state index in [2.05, 4.69) is 13.0 Å². The first-order chi connectivity index (χ1) is 7.22. The van der Waals surface area contributed by atoms with E-state index in [1.54, 1.807) is 6.92 Å². The van der Waals surface area contributed by atoms with Crippen molar-refractivity contribution in [1.82, 2.24) is 0 Å². The molecule has 0 saturated heterocycles. The fourth-order valence-corrected chi connectivity index (χ4v) is 1.48. The summed E-state index contributed by atoms with van der Waals surface area (Å²) in [5.74, 6) is -0.609. The van der Waals surface area contributed by atoms with Gasteiger partial charge < -0.3 is 0 Å². The van der Waals surface area contributed by atoms with Gasteiger partial charge in [-0.3, -0.25) is 4.79 Å². The van der Waals surface area contributed by atoms with Gasteiger partial charge in [0.15, 0.2) is 5.78 Å². The van der Waals surface area contributed by atoms with Gasteiger partial charge in [-0.1, -0.05) is 38.1 Å². The van der Waals surface area contributed by atoms with Crippen molar-refractivity contribution in [3.63, 3.8) is 0 Å². The van der Waals surface area contributed by atoms with E-state index in [0.29, 0.717) is 6.42 Å². The molecule has 78 valence electrons. The summed E-state index contributed by atoms with van der Waals surface area (Å²) in [5, 5.41) is 8.94. The number of nitriles is 1. The second-order valence-corrected chi connectivity index (χ2v) is 3.48. The molecule has 1 aromatic rings. The van der Waals surface area contributed by atoms with E-state index in [4.69, 9.17) is 5.26 Å². The average Bonchev–Trinajstić information content (AvgIpc) is 2.30. The first-order valence-electron chi connectivity index (χ1n) is 5.24. The van der Waals surface area contributed by atoms with Gasteiger partial charge in [0.1, 0.15) is 5.92 Å². The Hall–Kier alpha value is -1.62. The van der Waals surface area contributed by atoms with E-state index in [-0.39, 0.29) is 5.78 Å². The molecule has 0 amide bonds. The fourth-order valence-electron chi connectivity index (χ4n) is 1.48. The van der Waals surface area contributed by atoms with Crippen molar-refractivity contribution in [2.24, 2.45) is 0 Å². The van der Waals surface area contributed by atoms with Gasteiger partial charge in [0.05, 0.1) is 6.07 Å². The Morgan fingerprint density at radius 3 is 2.33 bits per heavy atom. The van der Waals surface area contributed by atoms with E-state index in [9.17, 15) is 4.79 Å². The molecule has 0 aliphatic carbocycles. The van der Waals surface area contributed by atoms with Crippen LogP contribution in [0.15, 0.2) is 24.3 Å². The SMILES string of the molecule is CCC(=O)C(C#N)c1ccc(CC)cc1. The predicted molar refractivity (Wildman–Crippen MR) is 59.5 cm³/mol. The first-order valence-corrected chi connectivity index (χ1v) is 5.24. The minimum absolute atomic E-state index is 0.0123. The summed E-state index contributed by atoms with van der Waals surface area (Å²) in [6.07, 6.45) is 1.38. The van der Waals surface area contributed by atoms with Crippen LogP contribution in [-0.4, -0.2) is 5.78 Å². The summed E-state index contributed by atoms with van der Waals surface area (Å²) in [6, 6.07) is 9.76.